The van der Waals surface area contributed by atoms with Gasteiger partial charge in [0.1, 0.15) is 6.04 Å². The fourth-order valence-corrected chi connectivity index (χ4v) is 3.23. The van der Waals surface area contributed by atoms with Crippen LogP contribution in [-0.2, 0) is 14.4 Å². The van der Waals surface area contributed by atoms with Gasteiger partial charge in [0, 0.05) is 29.7 Å². The highest BCUT2D eigenvalue weighted by Crippen LogP contribution is 2.22. The maximum Gasteiger partial charge on any atom is 0.244 e. The van der Waals surface area contributed by atoms with Gasteiger partial charge in [-0.15, -0.1) is 11.8 Å². The molecule has 1 fully saturated rings. The van der Waals surface area contributed by atoms with Crippen molar-refractivity contribution in [2.45, 2.75) is 59.5 Å². The monoisotopic (exact) mass is 343 g/mol. The summed E-state index contributed by atoms with van der Waals surface area (Å²) in [5.74, 6) is 0.840. The van der Waals surface area contributed by atoms with Gasteiger partial charge in [-0.2, -0.15) is 0 Å². The summed E-state index contributed by atoms with van der Waals surface area (Å²) < 4.78 is 0. The Labute approximate surface area is 143 Å². The molecule has 23 heavy (non-hydrogen) atoms. The van der Waals surface area contributed by atoms with Crippen LogP contribution < -0.4 is 10.6 Å². The van der Waals surface area contributed by atoms with E-state index in [0.29, 0.717) is 18.2 Å². The zero-order valence-corrected chi connectivity index (χ0v) is 15.8. The Morgan fingerprint density at radius 3 is 2.26 bits per heavy atom. The SMILES string of the molecule is CC(C)(C)NC(=O)[C@H]1CSCN1C(=O)CCNC(=O)C(C)(C)C. The number of carbonyl (C=O) groups is 3. The summed E-state index contributed by atoms with van der Waals surface area (Å²) in [5, 5.41) is 5.69. The van der Waals surface area contributed by atoms with Crippen LogP contribution in [0.15, 0.2) is 0 Å². The molecule has 1 rings (SSSR count). The Kier molecular flexibility index (Phi) is 6.50. The Balaban J connectivity index is 2.52. The number of thioether (sulfide) groups is 1. The van der Waals surface area contributed by atoms with Gasteiger partial charge in [-0.25, -0.2) is 0 Å². The van der Waals surface area contributed by atoms with Crippen LogP contribution >= 0.6 is 11.8 Å². The number of nitrogens with zero attached hydrogens (tertiary/aromatic N) is 1. The minimum Gasteiger partial charge on any atom is -0.355 e. The quantitative estimate of drug-likeness (QED) is 0.808. The number of nitrogens with one attached hydrogen (secondary N) is 2. The molecule has 3 amide bonds. The first-order valence-electron chi connectivity index (χ1n) is 7.89. The topological polar surface area (TPSA) is 78.5 Å². The van der Waals surface area contributed by atoms with E-state index in [-0.39, 0.29) is 29.7 Å². The normalized spacial score (nSPS) is 18.7. The molecule has 0 aromatic heterocycles. The van der Waals surface area contributed by atoms with Gasteiger partial charge in [0.2, 0.25) is 17.7 Å². The standard InChI is InChI=1S/C16H29N3O3S/c1-15(2,3)14(22)17-8-7-12(20)19-10-23-9-11(19)13(21)18-16(4,5)6/h11H,7-10H2,1-6H3,(H,17,22)(H,18,21)/t11-/m1/s1. The van der Waals surface area contributed by atoms with Gasteiger partial charge in [0.15, 0.2) is 0 Å². The summed E-state index contributed by atoms with van der Waals surface area (Å²) in [7, 11) is 0. The van der Waals surface area contributed by atoms with E-state index in [2.05, 4.69) is 10.6 Å². The zero-order valence-electron chi connectivity index (χ0n) is 15.0. The van der Waals surface area contributed by atoms with Crippen LogP contribution in [0.3, 0.4) is 0 Å². The molecule has 0 aromatic carbocycles. The lowest BCUT2D eigenvalue weighted by Crippen LogP contribution is -2.52. The fourth-order valence-electron chi connectivity index (χ4n) is 2.05. The first-order chi connectivity index (χ1) is 10.4. The van der Waals surface area contributed by atoms with Crippen LogP contribution in [0.5, 0.6) is 0 Å². The predicted octanol–water partition coefficient (Wildman–Crippen LogP) is 1.35. The Hall–Kier alpha value is -1.24. The van der Waals surface area contributed by atoms with Crippen LogP contribution in [0, 0.1) is 5.41 Å². The second-order valence-corrected chi connectivity index (χ2v) is 8.87. The first-order valence-corrected chi connectivity index (χ1v) is 9.05. The van der Waals surface area contributed by atoms with Crippen molar-refractivity contribution in [1.82, 2.24) is 15.5 Å². The summed E-state index contributed by atoms with van der Waals surface area (Å²) in [5.41, 5.74) is -0.790. The third-order valence-electron chi connectivity index (χ3n) is 3.31. The van der Waals surface area contributed by atoms with Gasteiger partial charge in [0.25, 0.3) is 0 Å². The second kappa shape index (κ2) is 7.55. The van der Waals surface area contributed by atoms with Crippen molar-refractivity contribution < 1.29 is 14.4 Å². The van der Waals surface area contributed by atoms with Gasteiger partial charge >= 0.3 is 0 Å². The van der Waals surface area contributed by atoms with Gasteiger partial charge in [-0.3, -0.25) is 14.4 Å². The van der Waals surface area contributed by atoms with Crippen molar-refractivity contribution in [2.75, 3.05) is 18.2 Å². The number of hydrogen-bond donors (Lipinski definition) is 2. The van der Waals surface area contributed by atoms with E-state index in [4.69, 9.17) is 0 Å². The Bertz CT molecular complexity index is 466. The fraction of sp³-hybridized carbons (Fsp3) is 0.812. The molecule has 0 aromatic rings. The molecule has 1 atom stereocenters. The van der Waals surface area contributed by atoms with Crippen molar-refractivity contribution in [1.29, 1.82) is 0 Å². The van der Waals surface area contributed by atoms with Gasteiger partial charge in [0.05, 0.1) is 5.88 Å². The van der Waals surface area contributed by atoms with E-state index in [0.717, 1.165) is 0 Å². The minimum atomic E-state index is -0.471. The number of carbonyl (C=O) groups excluding carboxylic acids is 3. The highest BCUT2D eigenvalue weighted by Gasteiger charge is 2.35. The molecule has 0 bridgehead atoms. The Morgan fingerprint density at radius 2 is 1.74 bits per heavy atom. The van der Waals surface area contributed by atoms with E-state index in [1.165, 1.54) is 0 Å². The van der Waals surface area contributed by atoms with Crippen molar-refractivity contribution in [3.8, 4) is 0 Å². The highest BCUT2D eigenvalue weighted by molar-refractivity contribution is 7.99. The summed E-state index contributed by atoms with van der Waals surface area (Å²) in [6.45, 7) is 11.5. The predicted molar refractivity (Wildman–Crippen MR) is 92.9 cm³/mol. The van der Waals surface area contributed by atoms with Gasteiger partial charge in [-0.05, 0) is 20.8 Å². The molecule has 0 radical (unpaired) electrons. The third kappa shape index (κ3) is 6.41. The molecule has 1 heterocycles. The molecule has 7 heteroatoms. The van der Waals surface area contributed by atoms with E-state index < -0.39 is 11.5 Å². The van der Waals surface area contributed by atoms with E-state index in [1.807, 2.05) is 41.5 Å². The molecule has 1 aliphatic rings. The van der Waals surface area contributed by atoms with Crippen LogP contribution in [-0.4, -0.2) is 52.4 Å². The first kappa shape index (κ1) is 19.8. The lowest BCUT2D eigenvalue weighted by atomic mass is 9.96. The minimum absolute atomic E-state index is 0.0804. The van der Waals surface area contributed by atoms with Crippen molar-refractivity contribution >= 4 is 29.5 Å². The average Bonchev–Trinajstić information content (AvgIpc) is 2.84. The second-order valence-electron chi connectivity index (χ2n) is 7.87. The molecule has 1 aliphatic heterocycles. The van der Waals surface area contributed by atoms with Crippen LogP contribution in [0.4, 0.5) is 0 Å². The summed E-state index contributed by atoms with van der Waals surface area (Å²) >= 11 is 1.57. The van der Waals surface area contributed by atoms with Crippen LogP contribution in [0.25, 0.3) is 0 Å². The van der Waals surface area contributed by atoms with Crippen LogP contribution in [0.2, 0.25) is 0 Å². The molecular formula is C16H29N3O3S. The maximum absolute atomic E-state index is 12.3. The molecule has 2 N–H and O–H groups in total. The summed E-state index contributed by atoms with van der Waals surface area (Å²) in [6.07, 6.45) is 0.210. The molecule has 1 saturated heterocycles. The third-order valence-corrected chi connectivity index (χ3v) is 4.32. The van der Waals surface area contributed by atoms with E-state index >= 15 is 0 Å². The van der Waals surface area contributed by atoms with E-state index in [9.17, 15) is 14.4 Å². The summed E-state index contributed by atoms with van der Waals surface area (Å²) in [6, 6.07) is -0.426. The van der Waals surface area contributed by atoms with Gasteiger partial charge in [-0.1, -0.05) is 20.8 Å². The molecule has 0 aliphatic carbocycles. The molecular weight excluding hydrogens is 314 g/mol. The zero-order chi connectivity index (χ0) is 17.8. The van der Waals surface area contributed by atoms with Crippen molar-refractivity contribution in [3.05, 3.63) is 0 Å². The largest absolute Gasteiger partial charge is 0.355 e. The van der Waals surface area contributed by atoms with Crippen molar-refractivity contribution in [3.63, 3.8) is 0 Å². The molecule has 132 valence electrons. The molecule has 0 spiro atoms. The average molecular weight is 343 g/mol. The summed E-state index contributed by atoms with van der Waals surface area (Å²) in [4.78, 5) is 38.0. The smallest absolute Gasteiger partial charge is 0.244 e. The number of rotatable bonds is 4. The number of amides is 3. The molecule has 0 saturated carbocycles. The Morgan fingerprint density at radius 1 is 1.13 bits per heavy atom. The lowest BCUT2D eigenvalue weighted by molar-refractivity contribution is -0.138. The van der Waals surface area contributed by atoms with E-state index in [1.54, 1.807) is 16.7 Å². The van der Waals surface area contributed by atoms with Crippen molar-refractivity contribution in [2.24, 2.45) is 5.41 Å². The molecule has 0 unspecified atom stereocenters. The highest BCUT2D eigenvalue weighted by atomic mass is 32.2. The lowest BCUT2D eigenvalue weighted by Gasteiger charge is -2.28. The van der Waals surface area contributed by atoms with Crippen LogP contribution in [0.1, 0.15) is 48.0 Å². The maximum atomic E-state index is 12.3. The number of hydrogen-bond acceptors (Lipinski definition) is 4. The van der Waals surface area contributed by atoms with Gasteiger partial charge < -0.3 is 15.5 Å². The molecule has 6 nitrogen and oxygen atoms in total.